The van der Waals surface area contributed by atoms with Crippen molar-refractivity contribution in [3.8, 4) is 0 Å². The van der Waals surface area contributed by atoms with Crippen LogP contribution >= 0.6 is 0 Å². The summed E-state index contributed by atoms with van der Waals surface area (Å²) in [5, 5.41) is 0. The molecule has 20 heavy (non-hydrogen) atoms. The number of unbranched alkanes of at least 4 members (excludes halogenated alkanes) is 10. The predicted octanol–water partition coefficient (Wildman–Crippen LogP) is 6.21. The Balaban J connectivity index is 1.76. The molecule has 1 rings (SSSR count). The summed E-state index contributed by atoms with van der Waals surface area (Å²) in [5.41, 5.74) is 6.30. The molecular formula is C19H39N. The fraction of sp³-hybridized carbons (Fsp3) is 1.00. The van der Waals surface area contributed by atoms with Gasteiger partial charge in [0.1, 0.15) is 0 Å². The van der Waals surface area contributed by atoms with Crippen molar-refractivity contribution in [2.45, 2.75) is 116 Å². The Morgan fingerprint density at radius 3 is 1.70 bits per heavy atom. The second kappa shape index (κ2) is 12.7. The minimum absolute atomic E-state index is 0.510. The molecule has 0 aliphatic heterocycles. The van der Waals surface area contributed by atoms with Gasteiger partial charge in [-0.1, -0.05) is 90.4 Å². The van der Waals surface area contributed by atoms with Crippen LogP contribution < -0.4 is 5.73 Å². The van der Waals surface area contributed by atoms with Gasteiger partial charge in [-0.3, -0.25) is 0 Å². The second-order valence-corrected chi connectivity index (χ2v) is 7.03. The maximum absolute atomic E-state index is 6.30. The Kier molecular flexibility index (Phi) is 11.4. The number of hydrogen-bond donors (Lipinski definition) is 1. The summed E-state index contributed by atoms with van der Waals surface area (Å²) in [6.45, 7) is 2.29. The Bertz CT molecular complexity index is 196. The normalized spacial score (nSPS) is 17.7. The predicted molar refractivity (Wildman–Crippen MR) is 91.0 cm³/mol. The molecule has 1 saturated carbocycles. The van der Waals surface area contributed by atoms with E-state index in [9.17, 15) is 0 Å². The van der Waals surface area contributed by atoms with Crippen LogP contribution in [0.25, 0.3) is 0 Å². The monoisotopic (exact) mass is 281 g/mol. The summed E-state index contributed by atoms with van der Waals surface area (Å²) in [6, 6.07) is 0.510. The molecule has 0 saturated heterocycles. The van der Waals surface area contributed by atoms with Crippen LogP contribution in [0.2, 0.25) is 0 Å². The van der Waals surface area contributed by atoms with Crippen LogP contribution in [0.15, 0.2) is 0 Å². The average Bonchev–Trinajstić information content (AvgIpc) is 2.99. The van der Waals surface area contributed by atoms with Gasteiger partial charge < -0.3 is 5.73 Å². The molecule has 0 aromatic heterocycles. The fourth-order valence-corrected chi connectivity index (χ4v) is 3.67. The molecule has 0 bridgehead atoms. The molecule has 1 unspecified atom stereocenters. The zero-order valence-corrected chi connectivity index (χ0v) is 14.0. The maximum atomic E-state index is 6.30. The quantitative estimate of drug-likeness (QED) is 0.399. The summed E-state index contributed by atoms with van der Waals surface area (Å²) in [6.07, 6.45) is 22.7. The summed E-state index contributed by atoms with van der Waals surface area (Å²) in [7, 11) is 0. The van der Waals surface area contributed by atoms with Crippen LogP contribution in [0.3, 0.4) is 0 Å². The maximum Gasteiger partial charge on any atom is 0.00671 e. The molecule has 1 aliphatic rings. The number of rotatable bonds is 13. The van der Waals surface area contributed by atoms with E-state index in [1.54, 1.807) is 0 Å². The summed E-state index contributed by atoms with van der Waals surface area (Å²) in [5.74, 6) is 0.859. The molecule has 120 valence electrons. The molecule has 0 amide bonds. The van der Waals surface area contributed by atoms with Gasteiger partial charge >= 0.3 is 0 Å². The van der Waals surface area contributed by atoms with E-state index < -0.39 is 0 Å². The molecule has 1 atom stereocenters. The van der Waals surface area contributed by atoms with Crippen molar-refractivity contribution in [3.05, 3.63) is 0 Å². The van der Waals surface area contributed by atoms with Crippen molar-refractivity contribution in [1.29, 1.82) is 0 Å². The summed E-state index contributed by atoms with van der Waals surface area (Å²) >= 11 is 0. The standard InChI is InChI=1S/C19H39N/c1-2-3-4-5-6-7-8-9-10-11-12-17-19(20)18-15-13-14-16-18/h18-19H,2-17,20H2,1H3. The molecule has 1 heteroatoms. The van der Waals surface area contributed by atoms with Crippen LogP contribution in [0.5, 0.6) is 0 Å². The third-order valence-corrected chi connectivity index (χ3v) is 5.15. The molecule has 1 fully saturated rings. The first kappa shape index (κ1) is 18.0. The number of nitrogens with two attached hydrogens (primary N) is 1. The first-order chi connectivity index (χ1) is 9.84. The summed E-state index contributed by atoms with van der Waals surface area (Å²) < 4.78 is 0. The first-order valence-electron chi connectivity index (χ1n) is 9.60. The van der Waals surface area contributed by atoms with Gasteiger partial charge in [-0.15, -0.1) is 0 Å². The van der Waals surface area contributed by atoms with E-state index in [4.69, 9.17) is 5.73 Å². The van der Waals surface area contributed by atoms with Crippen molar-refractivity contribution >= 4 is 0 Å². The molecule has 1 nitrogen and oxygen atoms in total. The van der Waals surface area contributed by atoms with E-state index in [2.05, 4.69) is 6.92 Å². The van der Waals surface area contributed by atoms with E-state index in [1.165, 1.54) is 103 Å². The highest BCUT2D eigenvalue weighted by molar-refractivity contribution is 4.77. The first-order valence-corrected chi connectivity index (χ1v) is 9.60. The van der Waals surface area contributed by atoms with Gasteiger partial charge in [0, 0.05) is 6.04 Å². The molecule has 0 aromatic rings. The van der Waals surface area contributed by atoms with Crippen molar-refractivity contribution in [2.75, 3.05) is 0 Å². The van der Waals surface area contributed by atoms with E-state index in [0.717, 1.165) is 5.92 Å². The lowest BCUT2D eigenvalue weighted by Crippen LogP contribution is -2.28. The van der Waals surface area contributed by atoms with Crippen molar-refractivity contribution in [1.82, 2.24) is 0 Å². The van der Waals surface area contributed by atoms with Gasteiger partial charge in [0.25, 0.3) is 0 Å². The lowest BCUT2D eigenvalue weighted by atomic mass is 9.94. The van der Waals surface area contributed by atoms with Crippen molar-refractivity contribution < 1.29 is 0 Å². The van der Waals surface area contributed by atoms with Gasteiger partial charge in [-0.2, -0.15) is 0 Å². The highest BCUT2D eigenvalue weighted by atomic mass is 14.6. The largest absolute Gasteiger partial charge is 0.327 e. The van der Waals surface area contributed by atoms with E-state index >= 15 is 0 Å². The second-order valence-electron chi connectivity index (χ2n) is 7.03. The van der Waals surface area contributed by atoms with Gasteiger partial charge in [0.2, 0.25) is 0 Å². The van der Waals surface area contributed by atoms with Gasteiger partial charge in [-0.05, 0) is 25.2 Å². The van der Waals surface area contributed by atoms with E-state index in [0.29, 0.717) is 6.04 Å². The molecule has 2 N–H and O–H groups in total. The zero-order chi connectivity index (χ0) is 14.5. The smallest absolute Gasteiger partial charge is 0.00671 e. The molecule has 1 aliphatic carbocycles. The Morgan fingerprint density at radius 2 is 1.20 bits per heavy atom. The lowest BCUT2D eigenvalue weighted by molar-refractivity contribution is 0.394. The van der Waals surface area contributed by atoms with Gasteiger partial charge in [0.15, 0.2) is 0 Å². The van der Waals surface area contributed by atoms with Crippen LogP contribution in [-0.4, -0.2) is 6.04 Å². The third kappa shape index (κ3) is 9.00. The molecule has 0 radical (unpaired) electrons. The van der Waals surface area contributed by atoms with Gasteiger partial charge in [-0.25, -0.2) is 0 Å². The Hall–Kier alpha value is -0.0400. The average molecular weight is 282 g/mol. The number of hydrogen-bond acceptors (Lipinski definition) is 1. The van der Waals surface area contributed by atoms with Crippen molar-refractivity contribution in [3.63, 3.8) is 0 Å². The topological polar surface area (TPSA) is 26.0 Å². The molecule has 0 heterocycles. The van der Waals surface area contributed by atoms with E-state index in [1.807, 2.05) is 0 Å². The van der Waals surface area contributed by atoms with Crippen molar-refractivity contribution in [2.24, 2.45) is 11.7 Å². The van der Waals surface area contributed by atoms with Crippen LogP contribution in [0.1, 0.15) is 110 Å². The molecule has 0 spiro atoms. The lowest BCUT2D eigenvalue weighted by Gasteiger charge is -2.18. The van der Waals surface area contributed by atoms with Gasteiger partial charge in [0.05, 0.1) is 0 Å². The highest BCUT2D eigenvalue weighted by Crippen LogP contribution is 2.28. The SMILES string of the molecule is CCCCCCCCCCCCCC(N)C1CCCC1. The van der Waals surface area contributed by atoms with Crippen LogP contribution in [0.4, 0.5) is 0 Å². The minimum atomic E-state index is 0.510. The Labute approximate surface area is 128 Å². The highest BCUT2D eigenvalue weighted by Gasteiger charge is 2.21. The fourth-order valence-electron chi connectivity index (χ4n) is 3.67. The van der Waals surface area contributed by atoms with Crippen LogP contribution in [-0.2, 0) is 0 Å². The minimum Gasteiger partial charge on any atom is -0.327 e. The molecule has 0 aromatic carbocycles. The van der Waals surface area contributed by atoms with Crippen LogP contribution in [0, 0.1) is 5.92 Å². The zero-order valence-electron chi connectivity index (χ0n) is 14.0. The molecular weight excluding hydrogens is 242 g/mol. The van der Waals surface area contributed by atoms with E-state index in [-0.39, 0.29) is 0 Å². The summed E-state index contributed by atoms with van der Waals surface area (Å²) in [4.78, 5) is 0. The Morgan fingerprint density at radius 1 is 0.750 bits per heavy atom. The third-order valence-electron chi connectivity index (χ3n) is 5.15.